The summed E-state index contributed by atoms with van der Waals surface area (Å²) in [5.74, 6) is -1.77. The van der Waals surface area contributed by atoms with Crippen molar-refractivity contribution in [3.8, 4) is 0 Å². The van der Waals surface area contributed by atoms with Gasteiger partial charge >= 0.3 is 5.97 Å². The molecule has 0 fully saturated rings. The lowest BCUT2D eigenvalue weighted by molar-refractivity contribution is -0.137. The van der Waals surface area contributed by atoms with Gasteiger partial charge in [0.25, 0.3) is 0 Å². The van der Waals surface area contributed by atoms with Gasteiger partial charge in [-0.1, -0.05) is 30.3 Å². The maximum atomic E-state index is 12.1. The summed E-state index contributed by atoms with van der Waals surface area (Å²) < 4.78 is 0. The first-order valence-electron chi connectivity index (χ1n) is 8.49. The minimum absolute atomic E-state index is 0.0226. The van der Waals surface area contributed by atoms with Crippen LogP contribution in [0.3, 0.4) is 0 Å². The van der Waals surface area contributed by atoms with Crippen LogP contribution in [-0.2, 0) is 14.4 Å². The summed E-state index contributed by atoms with van der Waals surface area (Å²) in [6.45, 7) is 0.359. The largest absolute Gasteiger partial charge is 0.481 e. The number of carbonyl (C=O) groups excluding carboxylic acids is 2. The number of aliphatic imine (C=N–C) groups is 1. The fraction of sp³-hybridized carbons (Fsp3) is 0.444. The number of carboxylic acids is 1. The highest BCUT2D eigenvalue weighted by atomic mass is 16.4. The molecule has 0 saturated carbocycles. The van der Waals surface area contributed by atoms with Crippen LogP contribution in [0.2, 0.25) is 0 Å². The summed E-state index contributed by atoms with van der Waals surface area (Å²) in [5, 5.41) is 11.6. The number of ketones is 1. The molecule has 1 atom stereocenters. The normalized spacial score (nSPS) is 11.4. The zero-order valence-corrected chi connectivity index (χ0v) is 14.7. The van der Waals surface area contributed by atoms with Crippen LogP contribution in [0.1, 0.15) is 43.6 Å². The Balaban J connectivity index is 2.37. The highest BCUT2D eigenvalue weighted by molar-refractivity contribution is 5.86. The molecule has 0 saturated heterocycles. The number of aliphatic carboxylic acids is 1. The lowest BCUT2D eigenvalue weighted by Gasteiger charge is -2.15. The summed E-state index contributed by atoms with van der Waals surface area (Å²) in [7, 11) is 0. The van der Waals surface area contributed by atoms with Gasteiger partial charge in [0.1, 0.15) is 0 Å². The lowest BCUT2D eigenvalue weighted by Crippen LogP contribution is -2.30. The van der Waals surface area contributed by atoms with E-state index in [4.69, 9.17) is 16.6 Å². The maximum Gasteiger partial charge on any atom is 0.303 e. The maximum absolute atomic E-state index is 12.1. The second-order valence-corrected chi connectivity index (χ2v) is 5.99. The number of nitrogens with zero attached hydrogens (tertiary/aromatic N) is 1. The van der Waals surface area contributed by atoms with Gasteiger partial charge in [-0.15, -0.1) is 0 Å². The number of hydrogen-bond acceptors (Lipinski definition) is 4. The molecule has 142 valence electrons. The average Bonchev–Trinajstić information content (AvgIpc) is 2.59. The van der Waals surface area contributed by atoms with Crippen molar-refractivity contribution in [3.05, 3.63) is 35.9 Å². The van der Waals surface area contributed by atoms with Gasteiger partial charge in [0.05, 0.1) is 13.0 Å². The third-order valence-corrected chi connectivity index (χ3v) is 3.76. The van der Waals surface area contributed by atoms with Crippen LogP contribution in [0.5, 0.6) is 0 Å². The summed E-state index contributed by atoms with van der Waals surface area (Å²) >= 11 is 0. The molecule has 1 unspecified atom stereocenters. The van der Waals surface area contributed by atoms with Crippen LogP contribution in [0.25, 0.3) is 0 Å². The fourth-order valence-corrected chi connectivity index (χ4v) is 2.48. The molecule has 8 heteroatoms. The molecular weight excluding hydrogens is 336 g/mol. The first-order chi connectivity index (χ1) is 12.4. The summed E-state index contributed by atoms with van der Waals surface area (Å²) in [4.78, 5) is 38.7. The molecule has 0 spiro atoms. The molecule has 8 nitrogen and oxygen atoms in total. The number of nitrogens with two attached hydrogens (primary N) is 2. The van der Waals surface area contributed by atoms with Crippen molar-refractivity contribution in [2.75, 3.05) is 13.1 Å². The molecule has 26 heavy (non-hydrogen) atoms. The van der Waals surface area contributed by atoms with Crippen LogP contribution in [-0.4, -0.2) is 41.8 Å². The molecule has 0 radical (unpaired) electrons. The number of rotatable bonds is 12. The Bertz CT molecular complexity index is 627. The molecule has 1 aromatic carbocycles. The predicted molar refractivity (Wildman–Crippen MR) is 98.6 cm³/mol. The van der Waals surface area contributed by atoms with Crippen LogP contribution in [0.15, 0.2) is 35.3 Å². The minimum Gasteiger partial charge on any atom is -0.481 e. The Morgan fingerprint density at radius 1 is 1.08 bits per heavy atom. The molecule has 1 aromatic rings. The van der Waals surface area contributed by atoms with Gasteiger partial charge in [0.2, 0.25) is 5.91 Å². The van der Waals surface area contributed by atoms with Crippen LogP contribution in [0, 0.1) is 0 Å². The van der Waals surface area contributed by atoms with Gasteiger partial charge in [0, 0.05) is 25.3 Å². The van der Waals surface area contributed by atoms with Crippen molar-refractivity contribution < 1.29 is 19.5 Å². The second kappa shape index (κ2) is 11.6. The van der Waals surface area contributed by atoms with Crippen LogP contribution in [0.4, 0.5) is 0 Å². The molecule has 0 aliphatic carbocycles. The van der Waals surface area contributed by atoms with Crippen molar-refractivity contribution in [1.29, 1.82) is 0 Å². The standard InChI is InChI=1S/C18H26N4O4/c19-18(20)21-9-5-4-8-16(24)22-12-15(23)10-14(11-17(25)26)13-6-2-1-3-7-13/h1-3,6-7,14H,4-5,8-12H2,(H,22,24)(H,25,26)(H4,19,20,21). The Morgan fingerprint density at radius 2 is 1.77 bits per heavy atom. The number of nitrogens with one attached hydrogen (secondary N) is 1. The summed E-state index contributed by atoms with van der Waals surface area (Å²) in [6.07, 6.45) is 1.51. The predicted octanol–water partition coefficient (Wildman–Crippen LogP) is 0.764. The van der Waals surface area contributed by atoms with E-state index < -0.39 is 11.9 Å². The lowest BCUT2D eigenvalue weighted by atomic mass is 9.91. The van der Waals surface area contributed by atoms with Crippen molar-refractivity contribution in [2.24, 2.45) is 16.5 Å². The minimum atomic E-state index is -0.962. The molecule has 0 aromatic heterocycles. The summed E-state index contributed by atoms with van der Waals surface area (Å²) in [6, 6.07) is 9.04. The Kier molecular flexibility index (Phi) is 9.45. The number of guanidine groups is 1. The third kappa shape index (κ3) is 9.41. The second-order valence-electron chi connectivity index (χ2n) is 5.99. The molecule has 6 N–H and O–H groups in total. The monoisotopic (exact) mass is 362 g/mol. The van der Waals surface area contributed by atoms with E-state index in [1.165, 1.54) is 0 Å². The van der Waals surface area contributed by atoms with Gasteiger partial charge in [-0.2, -0.15) is 0 Å². The number of carbonyl (C=O) groups is 3. The van der Waals surface area contributed by atoms with Crippen molar-refractivity contribution >= 4 is 23.6 Å². The molecule has 0 bridgehead atoms. The van der Waals surface area contributed by atoms with Crippen molar-refractivity contribution in [3.63, 3.8) is 0 Å². The number of amides is 1. The zero-order valence-electron chi connectivity index (χ0n) is 14.7. The third-order valence-electron chi connectivity index (χ3n) is 3.76. The van der Waals surface area contributed by atoms with E-state index in [0.29, 0.717) is 19.4 Å². The average molecular weight is 362 g/mol. The number of unbranched alkanes of at least 4 members (excludes halogenated alkanes) is 1. The SMILES string of the molecule is NC(N)=NCCCCC(=O)NCC(=O)CC(CC(=O)O)c1ccccc1. The number of Topliss-reactive ketones (excluding diaryl/α,β-unsaturated/α-hetero) is 1. The molecular formula is C18H26N4O4. The van der Waals surface area contributed by atoms with E-state index in [9.17, 15) is 14.4 Å². The number of benzene rings is 1. The van der Waals surface area contributed by atoms with E-state index in [1.807, 2.05) is 6.07 Å². The molecule has 0 aliphatic rings. The molecule has 1 rings (SSSR count). The van der Waals surface area contributed by atoms with E-state index >= 15 is 0 Å². The Hall–Kier alpha value is -2.90. The molecule has 1 amide bonds. The van der Waals surface area contributed by atoms with Crippen molar-refractivity contribution in [2.45, 2.75) is 38.0 Å². The topological polar surface area (TPSA) is 148 Å². The van der Waals surface area contributed by atoms with Crippen LogP contribution >= 0.6 is 0 Å². The van der Waals surface area contributed by atoms with E-state index in [0.717, 1.165) is 5.56 Å². The van der Waals surface area contributed by atoms with E-state index in [-0.39, 0.29) is 43.5 Å². The smallest absolute Gasteiger partial charge is 0.303 e. The highest BCUT2D eigenvalue weighted by Crippen LogP contribution is 2.23. The van der Waals surface area contributed by atoms with E-state index in [2.05, 4.69) is 10.3 Å². The number of carboxylic acid groups (broad SMARTS) is 1. The van der Waals surface area contributed by atoms with Gasteiger partial charge in [0.15, 0.2) is 11.7 Å². The first-order valence-corrected chi connectivity index (χ1v) is 8.49. The molecule has 0 heterocycles. The zero-order chi connectivity index (χ0) is 19.4. The quantitative estimate of drug-likeness (QED) is 0.245. The fourth-order valence-electron chi connectivity index (χ4n) is 2.48. The van der Waals surface area contributed by atoms with Crippen LogP contribution < -0.4 is 16.8 Å². The molecule has 0 aliphatic heterocycles. The van der Waals surface area contributed by atoms with Gasteiger partial charge < -0.3 is 21.9 Å². The highest BCUT2D eigenvalue weighted by Gasteiger charge is 2.19. The number of hydrogen-bond donors (Lipinski definition) is 4. The first kappa shape index (κ1) is 21.1. The Labute approximate surface area is 152 Å². The van der Waals surface area contributed by atoms with E-state index in [1.54, 1.807) is 24.3 Å². The Morgan fingerprint density at radius 3 is 2.38 bits per heavy atom. The van der Waals surface area contributed by atoms with Gasteiger partial charge in [-0.05, 0) is 18.4 Å². The summed E-state index contributed by atoms with van der Waals surface area (Å²) in [5.41, 5.74) is 11.2. The van der Waals surface area contributed by atoms with Gasteiger partial charge in [-0.25, -0.2) is 0 Å². The van der Waals surface area contributed by atoms with Gasteiger partial charge in [-0.3, -0.25) is 19.4 Å². The van der Waals surface area contributed by atoms with Crippen molar-refractivity contribution in [1.82, 2.24) is 5.32 Å².